The van der Waals surface area contributed by atoms with Gasteiger partial charge in [0.2, 0.25) is 0 Å². The van der Waals surface area contributed by atoms with Gasteiger partial charge in [0.15, 0.2) is 5.92 Å². The van der Waals surface area contributed by atoms with Crippen molar-refractivity contribution in [3.8, 4) is 12.1 Å². The lowest BCUT2D eigenvalue weighted by Gasteiger charge is -2.10. The molecule has 0 aliphatic carbocycles. The first-order valence-electron chi connectivity index (χ1n) is 4.31. The largest absolute Gasteiger partial charge is 0.386 e. The summed E-state index contributed by atoms with van der Waals surface area (Å²) in [5, 5.41) is 37.1. The number of nitrogens with zero attached hydrogens (tertiary/aromatic N) is 3. The molecule has 6 heteroatoms. The molecule has 0 aliphatic heterocycles. The van der Waals surface area contributed by atoms with Gasteiger partial charge in [-0.1, -0.05) is 0 Å². The second-order valence-corrected chi connectivity index (χ2v) is 3.03. The van der Waals surface area contributed by atoms with E-state index in [4.69, 9.17) is 10.5 Å². The zero-order valence-corrected chi connectivity index (χ0v) is 8.07. The third kappa shape index (κ3) is 2.32. The SMILES string of the molecule is N#CC(C#N)C(O)c1ccc([N+](=O)[O-])cc1. The molecule has 1 unspecified atom stereocenters. The van der Waals surface area contributed by atoms with E-state index in [1.807, 2.05) is 0 Å². The topological polar surface area (TPSA) is 111 Å². The molecule has 1 N–H and O–H groups in total. The average Bonchev–Trinajstić information content (AvgIpc) is 2.30. The number of nitriles is 2. The van der Waals surface area contributed by atoms with Crippen molar-refractivity contribution in [3.05, 3.63) is 39.9 Å². The number of rotatable bonds is 3. The van der Waals surface area contributed by atoms with E-state index in [0.29, 0.717) is 5.56 Å². The molecule has 0 bridgehead atoms. The van der Waals surface area contributed by atoms with Crippen molar-refractivity contribution < 1.29 is 10.0 Å². The number of aliphatic hydroxyl groups is 1. The molecule has 0 aliphatic rings. The molecule has 0 aromatic heterocycles. The van der Waals surface area contributed by atoms with E-state index in [1.54, 1.807) is 12.1 Å². The highest BCUT2D eigenvalue weighted by atomic mass is 16.6. The summed E-state index contributed by atoms with van der Waals surface area (Å²) in [7, 11) is 0. The van der Waals surface area contributed by atoms with E-state index >= 15 is 0 Å². The number of nitro benzene ring substituents is 1. The molecule has 16 heavy (non-hydrogen) atoms. The van der Waals surface area contributed by atoms with Crippen LogP contribution in [0.2, 0.25) is 0 Å². The number of hydrogen-bond acceptors (Lipinski definition) is 5. The van der Waals surface area contributed by atoms with Crippen molar-refractivity contribution in [3.63, 3.8) is 0 Å². The number of benzene rings is 1. The van der Waals surface area contributed by atoms with E-state index in [-0.39, 0.29) is 5.69 Å². The number of hydrogen-bond donors (Lipinski definition) is 1. The smallest absolute Gasteiger partial charge is 0.269 e. The van der Waals surface area contributed by atoms with Crippen LogP contribution in [0, 0.1) is 38.7 Å². The Morgan fingerprint density at radius 2 is 1.75 bits per heavy atom. The maximum Gasteiger partial charge on any atom is 0.269 e. The molecule has 0 saturated carbocycles. The Morgan fingerprint density at radius 3 is 2.12 bits per heavy atom. The molecule has 1 atom stereocenters. The minimum Gasteiger partial charge on any atom is -0.386 e. The van der Waals surface area contributed by atoms with Gasteiger partial charge in [0, 0.05) is 12.1 Å². The van der Waals surface area contributed by atoms with Gasteiger partial charge >= 0.3 is 0 Å². The van der Waals surface area contributed by atoms with Crippen LogP contribution in [0.5, 0.6) is 0 Å². The second kappa shape index (κ2) is 4.87. The van der Waals surface area contributed by atoms with E-state index in [0.717, 1.165) is 0 Å². The lowest BCUT2D eigenvalue weighted by Crippen LogP contribution is -2.08. The summed E-state index contributed by atoms with van der Waals surface area (Å²) < 4.78 is 0. The molecule has 0 amide bonds. The summed E-state index contributed by atoms with van der Waals surface area (Å²) in [6.45, 7) is 0. The molecule has 0 radical (unpaired) electrons. The molecule has 0 spiro atoms. The zero-order valence-electron chi connectivity index (χ0n) is 8.07. The van der Waals surface area contributed by atoms with E-state index < -0.39 is 16.9 Å². The summed E-state index contributed by atoms with van der Waals surface area (Å²) >= 11 is 0. The standard InChI is InChI=1S/C10H7N3O3/c11-5-8(6-12)10(14)7-1-3-9(4-2-7)13(15)16/h1-4,8,10,14H. The third-order valence-electron chi connectivity index (χ3n) is 2.04. The summed E-state index contributed by atoms with van der Waals surface area (Å²) in [6, 6.07) is 8.36. The van der Waals surface area contributed by atoms with Crippen molar-refractivity contribution in [1.82, 2.24) is 0 Å². The molecular formula is C10H7N3O3. The number of aliphatic hydroxyl groups excluding tert-OH is 1. The molecule has 1 rings (SSSR count). The fraction of sp³-hybridized carbons (Fsp3) is 0.200. The first-order valence-corrected chi connectivity index (χ1v) is 4.31. The van der Waals surface area contributed by atoms with Crippen LogP contribution < -0.4 is 0 Å². The Morgan fingerprint density at radius 1 is 1.25 bits per heavy atom. The van der Waals surface area contributed by atoms with Gasteiger partial charge in [-0.3, -0.25) is 10.1 Å². The van der Waals surface area contributed by atoms with Gasteiger partial charge in [-0.15, -0.1) is 0 Å². The molecule has 0 saturated heterocycles. The summed E-state index contributed by atoms with van der Waals surface area (Å²) in [5.74, 6) is -1.18. The van der Waals surface area contributed by atoms with Gasteiger partial charge in [-0.05, 0) is 17.7 Å². The summed E-state index contributed by atoms with van der Waals surface area (Å²) in [6.07, 6.45) is -1.25. The van der Waals surface area contributed by atoms with Gasteiger partial charge in [0.05, 0.1) is 17.1 Å². The van der Waals surface area contributed by atoms with Gasteiger partial charge in [-0.25, -0.2) is 0 Å². The third-order valence-corrected chi connectivity index (χ3v) is 2.04. The fourth-order valence-corrected chi connectivity index (χ4v) is 1.16. The fourth-order valence-electron chi connectivity index (χ4n) is 1.16. The van der Waals surface area contributed by atoms with Crippen LogP contribution in [0.25, 0.3) is 0 Å². The Kier molecular flexibility index (Phi) is 3.54. The zero-order chi connectivity index (χ0) is 12.1. The predicted molar refractivity (Wildman–Crippen MR) is 52.8 cm³/mol. The monoisotopic (exact) mass is 217 g/mol. The Balaban J connectivity index is 2.95. The lowest BCUT2D eigenvalue weighted by atomic mass is 9.98. The molecule has 6 nitrogen and oxygen atoms in total. The van der Waals surface area contributed by atoms with Crippen molar-refractivity contribution in [1.29, 1.82) is 10.5 Å². The lowest BCUT2D eigenvalue weighted by molar-refractivity contribution is -0.384. The second-order valence-electron chi connectivity index (χ2n) is 3.03. The van der Waals surface area contributed by atoms with E-state index in [1.165, 1.54) is 24.3 Å². The highest BCUT2D eigenvalue weighted by molar-refractivity contribution is 5.34. The van der Waals surface area contributed by atoms with E-state index in [2.05, 4.69) is 0 Å². The highest BCUT2D eigenvalue weighted by Crippen LogP contribution is 2.23. The van der Waals surface area contributed by atoms with Crippen molar-refractivity contribution >= 4 is 5.69 Å². The number of non-ortho nitro benzene ring substituents is 1. The maximum absolute atomic E-state index is 10.4. The van der Waals surface area contributed by atoms with Crippen molar-refractivity contribution in [2.24, 2.45) is 5.92 Å². The Hall–Kier alpha value is -2.44. The Bertz CT molecular complexity index is 456. The van der Waals surface area contributed by atoms with Crippen LogP contribution in [0.15, 0.2) is 24.3 Å². The van der Waals surface area contributed by atoms with Crippen LogP contribution in [-0.4, -0.2) is 10.0 Å². The Labute approximate surface area is 91.1 Å². The van der Waals surface area contributed by atoms with Gasteiger partial charge < -0.3 is 5.11 Å². The normalized spacial score (nSPS) is 11.5. The highest BCUT2D eigenvalue weighted by Gasteiger charge is 2.20. The van der Waals surface area contributed by atoms with Crippen LogP contribution in [0.1, 0.15) is 11.7 Å². The summed E-state index contributed by atoms with van der Waals surface area (Å²) in [4.78, 5) is 9.80. The molecular weight excluding hydrogens is 210 g/mol. The quantitative estimate of drug-likeness (QED) is 0.605. The summed E-state index contributed by atoms with van der Waals surface area (Å²) in [5.41, 5.74) is 0.195. The van der Waals surface area contributed by atoms with Crippen molar-refractivity contribution in [2.45, 2.75) is 6.10 Å². The van der Waals surface area contributed by atoms with Crippen LogP contribution >= 0.6 is 0 Å². The predicted octanol–water partition coefficient (Wildman–Crippen LogP) is 1.29. The van der Waals surface area contributed by atoms with Crippen LogP contribution in [0.3, 0.4) is 0 Å². The minimum atomic E-state index is -1.25. The first-order chi connectivity index (χ1) is 7.60. The maximum atomic E-state index is 10.4. The van der Waals surface area contributed by atoms with Gasteiger partial charge in [0.1, 0.15) is 6.10 Å². The van der Waals surface area contributed by atoms with Crippen LogP contribution in [-0.2, 0) is 0 Å². The molecule has 1 aromatic carbocycles. The molecule has 0 fully saturated rings. The van der Waals surface area contributed by atoms with Gasteiger partial charge in [0.25, 0.3) is 5.69 Å². The van der Waals surface area contributed by atoms with Gasteiger partial charge in [-0.2, -0.15) is 10.5 Å². The van der Waals surface area contributed by atoms with Crippen molar-refractivity contribution in [2.75, 3.05) is 0 Å². The van der Waals surface area contributed by atoms with E-state index in [9.17, 15) is 15.2 Å². The average molecular weight is 217 g/mol. The molecule has 1 aromatic rings. The molecule has 80 valence electrons. The van der Waals surface area contributed by atoms with Crippen LogP contribution in [0.4, 0.5) is 5.69 Å². The minimum absolute atomic E-state index is 0.110. The first kappa shape index (κ1) is 11.6. The number of nitro groups is 1. The molecule has 0 heterocycles.